The van der Waals surface area contributed by atoms with Gasteiger partial charge >= 0.3 is 5.97 Å². The first-order chi connectivity index (χ1) is 14.8. The molecule has 0 saturated heterocycles. The van der Waals surface area contributed by atoms with Crippen LogP contribution in [0.2, 0.25) is 0 Å². The van der Waals surface area contributed by atoms with Gasteiger partial charge in [-0.15, -0.1) is 6.58 Å². The van der Waals surface area contributed by atoms with E-state index in [1.54, 1.807) is 36.4 Å². The Bertz CT molecular complexity index is 1090. The number of carbonyl (C=O) groups is 2. The number of benzene rings is 1. The fraction of sp³-hybridized carbons (Fsp3) is 0.292. The van der Waals surface area contributed by atoms with Gasteiger partial charge in [0, 0.05) is 23.5 Å². The third-order valence-corrected chi connectivity index (χ3v) is 5.17. The van der Waals surface area contributed by atoms with Crippen LogP contribution in [0.25, 0.3) is 0 Å². The molecule has 0 aliphatic carbocycles. The number of hydrogen-bond donors (Lipinski definition) is 0. The lowest BCUT2D eigenvalue weighted by molar-refractivity contribution is 0.0474. The normalized spacial score (nSPS) is 10.7. The van der Waals surface area contributed by atoms with Gasteiger partial charge in [0.1, 0.15) is 18.1 Å². The summed E-state index contributed by atoms with van der Waals surface area (Å²) in [5.74, 6) is 0.511. The average Bonchev–Trinajstić information content (AvgIpc) is 3.23. The van der Waals surface area contributed by atoms with Gasteiger partial charge < -0.3 is 18.6 Å². The van der Waals surface area contributed by atoms with E-state index in [1.165, 1.54) is 0 Å². The molecular formula is C24H26N2O5. The summed E-state index contributed by atoms with van der Waals surface area (Å²) in [6, 6.07) is 8.37. The molecule has 2 heterocycles. The fourth-order valence-electron chi connectivity index (χ4n) is 3.34. The second kappa shape index (κ2) is 9.47. The first kappa shape index (κ1) is 22.1. The second-order valence-electron chi connectivity index (χ2n) is 7.30. The molecule has 3 rings (SSSR count). The van der Waals surface area contributed by atoms with Crippen LogP contribution in [-0.4, -0.2) is 28.1 Å². The zero-order valence-corrected chi connectivity index (χ0v) is 18.2. The molecule has 0 aliphatic heterocycles. The predicted octanol–water partition coefficient (Wildman–Crippen LogP) is 4.51. The molecule has 3 aromatic rings. The summed E-state index contributed by atoms with van der Waals surface area (Å²) in [6.07, 6.45) is 1.77. The van der Waals surface area contributed by atoms with E-state index in [4.69, 9.17) is 14.0 Å². The number of aromatic nitrogens is 2. The van der Waals surface area contributed by atoms with Crippen molar-refractivity contribution < 1.29 is 23.6 Å². The number of allylic oxidation sites excluding steroid dienone is 1. The SMILES string of the molecule is C=CCn1c(C)cc(C(=O)COC(=O)c2ccc(OCc3c(C)noc3C)cc2)c1C. The molecule has 0 atom stereocenters. The number of nitrogens with zero attached hydrogens (tertiary/aromatic N) is 2. The van der Waals surface area contributed by atoms with Crippen LogP contribution in [0.5, 0.6) is 5.75 Å². The molecular weight excluding hydrogens is 396 g/mol. The van der Waals surface area contributed by atoms with Crippen molar-refractivity contribution in [3.63, 3.8) is 0 Å². The van der Waals surface area contributed by atoms with Crippen LogP contribution in [0.3, 0.4) is 0 Å². The van der Waals surface area contributed by atoms with Crippen LogP contribution in [0, 0.1) is 27.7 Å². The Hall–Kier alpha value is -3.61. The van der Waals surface area contributed by atoms with Crippen LogP contribution in [0.15, 0.2) is 47.5 Å². The van der Waals surface area contributed by atoms with Crippen molar-refractivity contribution in [1.29, 1.82) is 0 Å². The van der Waals surface area contributed by atoms with Crippen molar-refractivity contribution in [3.8, 4) is 5.75 Å². The minimum atomic E-state index is -0.564. The van der Waals surface area contributed by atoms with Crippen molar-refractivity contribution in [3.05, 3.63) is 82.5 Å². The van der Waals surface area contributed by atoms with Gasteiger partial charge in [-0.2, -0.15) is 0 Å². The number of rotatable bonds is 9. The maximum Gasteiger partial charge on any atom is 0.338 e. The van der Waals surface area contributed by atoms with E-state index in [1.807, 2.05) is 32.3 Å². The molecule has 0 unspecified atom stereocenters. The molecule has 7 heteroatoms. The minimum absolute atomic E-state index is 0.240. The molecule has 0 amide bonds. The molecule has 0 N–H and O–H groups in total. The van der Waals surface area contributed by atoms with Gasteiger partial charge in [0.2, 0.25) is 5.78 Å². The van der Waals surface area contributed by atoms with E-state index in [0.29, 0.717) is 35.8 Å². The molecule has 162 valence electrons. The first-order valence-corrected chi connectivity index (χ1v) is 9.94. The Kier molecular flexibility index (Phi) is 6.74. The zero-order chi connectivity index (χ0) is 22.5. The van der Waals surface area contributed by atoms with Crippen LogP contribution >= 0.6 is 0 Å². The monoisotopic (exact) mass is 422 g/mol. The number of esters is 1. The summed E-state index contributed by atoms with van der Waals surface area (Å²) in [7, 11) is 0. The summed E-state index contributed by atoms with van der Waals surface area (Å²) in [5, 5.41) is 3.89. The van der Waals surface area contributed by atoms with Crippen LogP contribution in [-0.2, 0) is 17.9 Å². The smallest absolute Gasteiger partial charge is 0.338 e. The summed E-state index contributed by atoms with van der Waals surface area (Å²) in [5.41, 5.74) is 4.37. The molecule has 0 spiro atoms. The zero-order valence-electron chi connectivity index (χ0n) is 18.2. The highest BCUT2D eigenvalue weighted by Crippen LogP contribution is 2.19. The number of ether oxygens (including phenoxy) is 2. The minimum Gasteiger partial charge on any atom is -0.489 e. The molecule has 0 fully saturated rings. The lowest BCUT2D eigenvalue weighted by atomic mass is 10.1. The van der Waals surface area contributed by atoms with Gasteiger partial charge in [-0.25, -0.2) is 4.79 Å². The van der Waals surface area contributed by atoms with Crippen molar-refractivity contribution in [1.82, 2.24) is 9.72 Å². The third-order valence-electron chi connectivity index (χ3n) is 5.17. The summed E-state index contributed by atoms with van der Waals surface area (Å²) < 4.78 is 18.1. The summed E-state index contributed by atoms with van der Waals surface area (Å²) >= 11 is 0. The third kappa shape index (κ3) is 4.94. The van der Waals surface area contributed by atoms with Gasteiger partial charge in [0.25, 0.3) is 0 Å². The van der Waals surface area contributed by atoms with Crippen molar-refractivity contribution in [2.24, 2.45) is 0 Å². The van der Waals surface area contributed by atoms with Gasteiger partial charge in [-0.3, -0.25) is 4.79 Å². The van der Waals surface area contributed by atoms with Crippen LogP contribution in [0.1, 0.15) is 49.1 Å². The molecule has 2 aromatic heterocycles. The number of carbonyl (C=O) groups excluding carboxylic acids is 2. The molecule has 0 bridgehead atoms. The highest BCUT2D eigenvalue weighted by Gasteiger charge is 2.18. The molecule has 31 heavy (non-hydrogen) atoms. The molecule has 0 saturated carbocycles. The van der Waals surface area contributed by atoms with Crippen LogP contribution < -0.4 is 4.74 Å². The molecule has 7 nitrogen and oxygen atoms in total. The maximum absolute atomic E-state index is 12.5. The van der Waals surface area contributed by atoms with Crippen molar-refractivity contribution >= 4 is 11.8 Å². The molecule has 1 aromatic carbocycles. The Balaban J connectivity index is 1.57. The predicted molar refractivity (Wildman–Crippen MR) is 115 cm³/mol. The largest absolute Gasteiger partial charge is 0.489 e. The van der Waals surface area contributed by atoms with Gasteiger partial charge in [0.15, 0.2) is 6.61 Å². The maximum atomic E-state index is 12.5. The van der Waals surface area contributed by atoms with Gasteiger partial charge in [-0.1, -0.05) is 11.2 Å². The second-order valence-corrected chi connectivity index (χ2v) is 7.30. The lowest BCUT2D eigenvalue weighted by Gasteiger charge is -2.08. The molecule has 0 radical (unpaired) electrons. The number of Topliss-reactive ketones (excluding diaryl/α,β-unsaturated/α-hetero) is 1. The van der Waals surface area contributed by atoms with Gasteiger partial charge in [0.05, 0.1) is 16.8 Å². The highest BCUT2D eigenvalue weighted by molar-refractivity contribution is 6.00. The van der Waals surface area contributed by atoms with E-state index in [0.717, 1.165) is 22.6 Å². The van der Waals surface area contributed by atoms with E-state index in [-0.39, 0.29) is 12.4 Å². The van der Waals surface area contributed by atoms with Crippen molar-refractivity contribution in [2.75, 3.05) is 6.61 Å². The Labute approximate surface area is 181 Å². The average molecular weight is 422 g/mol. The topological polar surface area (TPSA) is 83.6 Å². The standard InChI is InChI=1S/C24H26N2O5/c1-6-11-26-15(2)12-21(17(26)4)23(27)14-30-24(28)19-7-9-20(10-8-19)29-13-22-16(3)25-31-18(22)5/h6-10,12H,1,11,13-14H2,2-5H3. The Morgan fingerprint density at radius 2 is 1.87 bits per heavy atom. The molecule has 0 aliphatic rings. The van der Waals surface area contributed by atoms with Gasteiger partial charge in [-0.05, 0) is 58.0 Å². The van der Waals surface area contributed by atoms with E-state index in [2.05, 4.69) is 11.7 Å². The van der Waals surface area contributed by atoms with Crippen LogP contribution in [0.4, 0.5) is 0 Å². The highest BCUT2D eigenvalue weighted by atomic mass is 16.5. The number of ketones is 1. The van der Waals surface area contributed by atoms with E-state index >= 15 is 0 Å². The first-order valence-electron chi connectivity index (χ1n) is 9.94. The van der Waals surface area contributed by atoms with Crippen molar-refractivity contribution in [2.45, 2.75) is 40.8 Å². The lowest BCUT2D eigenvalue weighted by Crippen LogP contribution is -2.15. The van der Waals surface area contributed by atoms with E-state index < -0.39 is 5.97 Å². The summed E-state index contributed by atoms with van der Waals surface area (Å²) in [6.45, 7) is 11.8. The Morgan fingerprint density at radius 1 is 1.16 bits per heavy atom. The van der Waals surface area contributed by atoms with E-state index in [9.17, 15) is 9.59 Å². The fourth-order valence-corrected chi connectivity index (χ4v) is 3.34. The quantitative estimate of drug-likeness (QED) is 0.287. The summed E-state index contributed by atoms with van der Waals surface area (Å²) in [4.78, 5) is 24.9. The Morgan fingerprint density at radius 3 is 2.48 bits per heavy atom. The number of aryl methyl sites for hydroxylation is 3. The number of hydrogen-bond acceptors (Lipinski definition) is 6.